The van der Waals surface area contributed by atoms with E-state index in [1.807, 2.05) is 52.0 Å². The molecule has 0 radical (unpaired) electrons. The summed E-state index contributed by atoms with van der Waals surface area (Å²) in [5.74, 6) is 0.402. The number of amides is 1. The standard InChI is InChI=1S/C23H30N2O4S/c1-15-8-7-9-18(12-15)25(30(6,27)28)17(3)22(26)24-20-14-23(4,5)29-21-13-16(2)10-11-19(20)21/h7-13,17,20H,14H2,1-6H3,(H,24,26)/t17-,20+/m1/s1. The molecule has 1 aliphatic heterocycles. The fraction of sp³-hybridized carbons (Fsp3) is 0.435. The minimum atomic E-state index is -3.66. The molecule has 0 aromatic heterocycles. The average Bonchev–Trinajstić information content (AvgIpc) is 2.59. The van der Waals surface area contributed by atoms with E-state index in [1.54, 1.807) is 25.1 Å². The number of benzene rings is 2. The second-order valence-electron chi connectivity index (χ2n) is 8.74. The fourth-order valence-corrected chi connectivity index (χ4v) is 5.12. The molecule has 0 aliphatic carbocycles. The van der Waals surface area contributed by atoms with Gasteiger partial charge in [0.05, 0.1) is 18.0 Å². The first-order valence-electron chi connectivity index (χ1n) is 10.0. The molecular formula is C23H30N2O4S. The lowest BCUT2D eigenvalue weighted by molar-refractivity contribution is -0.123. The molecule has 1 aliphatic rings. The van der Waals surface area contributed by atoms with E-state index in [9.17, 15) is 13.2 Å². The third kappa shape index (κ3) is 4.78. The van der Waals surface area contributed by atoms with Gasteiger partial charge in [0, 0.05) is 12.0 Å². The lowest BCUT2D eigenvalue weighted by Gasteiger charge is -2.39. The van der Waals surface area contributed by atoms with Crippen molar-refractivity contribution < 1.29 is 17.9 Å². The van der Waals surface area contributed by atoms with Gasteiger partial charge in [-0.2, -0.15) is 0 Å². The van der Waals surface area contributed by atoms with Gasteiger partial charge in [-0.05, 0) is 63.9 Å². The molecule has 3 rings (SSSR count). The summed E-state index contributed by atoms with van der Waals surface area (Å²) in [7, 11) is -3.66. The van der Waals surface area contributed by atoms with Crippen LogP contribution in [0.3, 0.4) is 0 Å². The van der Waals surface area contributed by atoms with E-state index in [1.165, 1.54) is 4.31 Å². The number of rotatable bonds is 5. The maximum Gasteiger partial charge on any atom is 0.244 e. The Bertz CT molecular complexity index is 1060. The Morgan fingerprint density at radius 3 is 2.47 bits per heavy atom. The molecule has 6 nitrogen and oxygen atoms in total. The van der Waals surface area contributed by atoms with Crippen LogP contribution in [0.25, 0.3) is 0 Å². The number of nitrogens with zero attached hydrogens (tertiary/aromatic N) is 1. The molecule has 162 valence electrons. The van der Waals surface area contributed by atoms with Crippen LogP contribution < -0.4 is 14.4 Å². The summed E-state index contributed by atoms with van der Waals surface area (Å²) < 4.78 is 32.4. The molecular weight excluding hydrogens is 400 g/mol. The summed E-state index contributed by atoms with van der Waals surface area (Å²) in [4.78, 5) is 13.2. The Kier molecular flexibility index (Phi) is 5.87. The molecule has 0 saturated heterocycles. The highest BCUT2D eigenvalue weighted by Crippen LogP contribution is 2.40. The van der Waals surface area contributed by atoms with Crippen molar-refractivity contribution in [3.05, 3.63) is 59.2 Å². The summed E-state index contributed by atoms with van der Waals surface area (Å²) >= 11 is 0. The number of hydrogen-bond acceptors (Lipinski definition) is 4. The van der Waals surface area contributed by atoms with Crippen LogP contribution in [0.2, 0.25) is 0 Å². The minimum Gasteiger partial charge on any atom is -0.487 e. The van der Waals surface area contributed by atoms with Crippen LogP contribution in [0.5, 0.6) is 5.75 Å². The number of aryl methyl sites for hydroxylation is 2. The summed E-state index contributed by atoms with van der Waals surface area (Å²) in [5.41, 5.74) is 2.93. The Morgan fingerprint density at radius 2 is 1.83 bits per heavy atom. The average molecular weight is 431 g/mol. The predicted octanol–water partition coefficient (Wildman–Crippen LogP) is 3.88. The summed E-state index contributed by atoms with van der Waals surface area (Å²) in [6.45, 7) is 9.45. The van der Waals surface area contributed by atoms with Gasteiger partial charge in [0.15, 0.2) is 0 Å². The third-order valence-corrected chi connectivity index (χ3v) is 6.53. The molecule has 0 fully saturated rings. The Labute approximate surface area is 179 Å². The number of carbonyl (C=O) groups excluding carboxylic acids is 1. The second-order valence-corrected chi connectivity index (χ2v) is 10.6. The van der Waals surface area contributed by atoms with Crippen molar-refractivity contribution in [2.75, 3.05) is 10.6 Å². The van der Waals surface area contributed by atoms with Crippen LogP contribution in [0.15, 0.2) is 42.5 Å². The van der Waals surface area contributed by atoms with Gasteiger partial charge in [0.2, 0.25) is 15.9 Å². The van der Waals surface area contributed by atoms with E-state index in [0.717, 1.165) is 28.7 Å². The number of carbonyl (C=O) groups is 1. The van der Waals surface area contributed by atoms with E-state index >= 15 is 0 Å². The first-order valence-corrected chi connectivity index (χ1v) is 11.9. The zero-order chi connectivity index (χ0) is 22.3. The summed E-state index contributed by atoms with van der Waals surface area (Å²) in [5, 5.41) is 3.06. The molecule has 7 heteroatoms. The molecule has 1 heterocycles. The van der Waals surface area contributed by atoms with Gasteiger partial charge in [-0.1, -0.05) is 24.3 Å². The van der Waals surface area contributed by atoms with Gasteiger partial charge >= 0.3 is 0 Å². The topological polar surface area (TPSA) is 75.7 Å². The fourth-order valence-electron chi connectivity index (χ4n) is 3.95. The van der Waals surface area contributed by atoms with Crippen molar-refractivity contribution in [1.82, 2.24) is 5.32 Å². The largest absolute Gasteiger partial charge is 0.487 e. The van der Waals surface area contributed by atoms with Gasteiger partial charge < -0.3 is 10.1 Å². The SMILES string of the molecule is Cc1cccc(N([C@H](C)C(=O)N[C@H]2CC(C)(C)Oc3cc(C)ccc32)S(C)(=O)=O)c1. The normalized spacial score (nSPS) is 18.7. The molecule has 0 spiro atoms. The molecule has 1 N–H and O–H groups in total. The molecule has 0 unspecified atom stereocenters. The Morgan fingerprint density at radius 1 is 1.17 bits per heavy atom. The number of anilines is 1. The minimum absolute atomic E-state index is 0.266. The molecule has 0 bridgehead atoms. The van der Waals surface area contributed by atoms with Gasteiger partial charge in [0.25, 0.3) is 0 Å². The van der Waals surface area contributed by atoms with Crippen LogP contribution in [0, 0.1) is 13.8 Å². The third-order valence-electron chi connectivity index (χ3n) is 5.29. The predicted molar refractivity (Wildman–Crippen MR) is 119 cm³/mol. The smallest absolute Gasteiger partial charge is 0.244 e. The Hall–Kier alpha value is -2.54. The van der Waals surface area contributed by atoms with Crippen molar-refractivity contribution in [1.29, 1.82) is 0 Å². The van der Waals surface area contributed by atoms with Crippen LogP contribution in [-0.2, 0) is 14.8 Å². The highest BCUT2D eigenvalue weighted by molar-refractivity contribution is 7.92. The molecule has 2 aromatic rings. The summed E-state index contributed by atoms with van der Waals surface area (Å²) in [6.07, 6.45) is 1.71. The quantitative estimate of drug-likeness (QED) is 0.781. The van der Waals surface area contributed by atoms with E-state index in [-0.39, 0.29) is 11.9 Å². The maximum absolute atomic E-state index is 13.2. The zero-order valence-corrected chi connectivity index (χ0v) is 19.2. The summed E-state index contributed by atoms with van der Waals surface area (Å²) in [6, 6.07) is 11.9. The van der Waals surface area contributed by atoms with Gasteiger partial charge in [-0.15, -0.1) is 0 Å². The lowest BCUT2D eigenvalue weighted by Crippen LogP contribution is -2.50. The molecule has 30 heavy (non-hydrogen) atoms. The van der Waals surface area contributed by atoms with Crippen molar-refractivity contribution in [3.8, 4) is 5.75 Å². The Balaban J connectivity index is 1.91. The second kappa shape index (κ2) is 7.95. The lowest BCUT2D eigenvalue weighted by atomic mass is 9.89. The number of hydrogen-bond donors (Lipinski definition) is 1. The van der Waals surface area contributed by atoms with Crippen LogP contribution in [-0.4, -0.2) is 32.2 Å². The highest BCUT2D eigenvalue weighted by atomic mass is 32.2. The number of fused-ring (bicyclic) bond motifs is 1. The first-order chi connectivity index (χ1) is 13.9. The highest BCUT2D eigenvalue weighted by Gasteiger charge is 2.37. The molecule has 2 aromatic carbocycles. The van der Waals surface area contributed by atoms with E-state index in [0.29, 0.717) is 12.1 Å². The number of sulfonamides is 1. The van der Waals surface area contributed by atoms with Crippen LogP contribution in [0.4, 0.5) is 5.69 Å². The molecule has 0 saturated carbocycles. The zero-order valence-electron chi connectivity index (χ0n) is 18.4. The molecule has 2 atom stereocenters. The van der Waals surface area contributed by atoms with E-state index in [2.05, 4.69) is 5.32 Å². The van der Waals surface area contributed by atoms with Gasteiger partial charge in [0.1, 0.15) is 17.4 Å². The number of nitrogens with one attached hydrogen (secondary N) is 1. The van der Waals surface area contributed by atoms with Gasteiger partial charge in [-0.25, -0.2) is 8.42 Å². The molecule has 1 amide bonds. The first kappa shape index (κ1) is 22.2. The van der Waals surface area contributed by atoms with Crippen molar-refractivity contribution in [3.63, 3.8) is 0 Å². The van der Waals surface area contributed by atoms with Crippen LogP contribution in [0.1, 0.15) is 49.9 Å². The van der Waals surface area contributed by atoms with E-state index in [4.69, 9.17) is 4.74 Å². The number of ether oxygens (including phenoxy) is 1. The van der Waals surface area contributed by atoms with Crippen LogP contribution >= 0.6 is 0 Å². The van der Waals surface area contributed by atoms with Gasteiger partial charge in [-0.3, -0.25) is 9.10 Å². The monoisotopic (exact) mass is 430 g/mol. The van der Waals surface area contributed by atoms with E-state index < -0.39 is 21.7 Å². The van der Waals surface area contributed by atoms with Crippen molar-refractivity contribution in [2.45, 2.75) is 58.7 Å². The maximum atomic E-state index is 13.2. The van der Waals surface area contributed by atoms with Crippen molar-refractivity contribution >= 4 is 21.6 Å². The van der Waals surface area contributed by atoms with Crippen molar-refractivity contribution in [2.24, 2.45) is 0 Å².